The molecular formula is C20H26N6O2S. The number of ether oxygens (including phenoxy) is 2. The first-order chi connectivity index (χ1) is 13.9. The number of nitriles is 1. The van der Waals surface area contributed by atoms with E-state index in [-0.39, 0.29) is 17.2 Å². The van der Waals surface area contributed by atoms with Gasteiger partial charge in [0, 0.05) is 40.3 Å². The fourth-order valence-electron chi connectivity index (χ4n) is 3.42. The van der Waals surface area contributed by atoms with E-state index in [1.807, 2.05) is 12.1 Å². The Bertz CT molecular complexity index is 1020. The molecule has 0 aliphatic carbocycles. The molecule has 0 amide bonds. The molecular weight excluding hydrogens is 388 g/mol. The zero-order valence-electron chi connectivity index (χ0n) is 16.9. The van der Waals surface area contributed by atoms with Gasteiger partial charge in [-0.25, -0.2) is 0 Å². The monoisotopic (exact) mass is 414 g/mol. The average Bonchev–Trinajstić information content (AvgIpc) is 2.74. The molecule has 1 aromatic carbocycles. The molecule has 1 aliphatic heterocycles. The highest BCUT2D eigenvalue weighted by atomic mass is 32.1. The van der Waals surface area contributed by atoms with E-state index in [0.717, 1.165) is 25.4 Å². The Labute approximate surface area is 175 Å². The van der Waals surface area contributed by atoms with Crippen LogP contribution in [-0.2, 0) is 25.4 Å². The first kappa shape index (κ1) is 21.0. The lowest BCUT2D eigenvalue weighted by molar-refractivity contribution is -0.0241. The van der Waals surface area contributed by atoms with E-state index in [1.165, 1.54) is 10.1 Å². The lowest BCUT2D eigenvalue weighted by atomic mass is 10.1. The van der Waals surface area contributed by atoms with Crippen LogP contribution in [0, 0.1) is 21.5 Å². The Morgan fingerprint density at radius 3 is 2.69 bits per heavy atom. The number of hydrogen-bond donors (Lipinski definition) is 2. The van der Waals surface area contributed by atoms with E-state index in [9.17, 15) is 5.26 Å². The van der Waals surface area contributed by atoms with Gasteiger partial charge in [-0.3, -0.25) is 10.3 Å². The van der Waals surface area contributed by atoms with Crippen molar-refractivity contribution in [1.29, 1.82) is 10.7 Å². The molecule has 1 unspecified atom stereocenters. The van der Waals surface area contributed by atoms with Crippen molar-refractivity contribution in [3.8, 4) is 11.8 Å². The highest BCUT2D eigenvalue weighted by molar-refractivity contribution is 7.71. The second-order valence-electron chi connectivity index (χ2n) is 7.04. The molecule has 0 radical (unpaired) electrons. The molecule has 9 heteroatoms. The van der Waals surface area contributed by atoms with Gasteiger partial charge in [0.1, 0.15) is 28.7 Å². The van der Waals surface area contributed by atoms with Crippen molar-refractivity contribution >= 4 is 18.0 Å². The summed E-state index contributed by atoms with van der Waals surface area (Å²) in [4.78, 5) is 2.35. The van der Waals surface area contributed by atoms with Crippen molar-refractivity contribution in [2.75, 3.05) is 38.7 Å². The molecule has 0 bridgehead atoms. The Kier molecular flexibility index (Phi) is 6.69. The van der Waals surface area contributed by atoms with Gasteiger partial charge in [0.15, 0.2) is 4.77 Å². The summed E-state index contributed by atoms with van der Waals surface area (Å²) in [7, 11) is 5.15. The van der Waals surface area contributed by atoms with Crippen LogP contribution in [0.1, 0.15) is 11.1 Å². The van der Waals surface area contributed by atoms with Crippen LogP contribution in [0.5, 0.6) is 5.75 Å². The number of methoxy groups -OCH3 is 1. The summed E-state index contributed by atoms with van der Waals surface area (Å²) in [6.45, 7) is 3.67. The van der Waals surface area contributed by atoms with E-state index < -0.39 is 0 Å². The summed E-state index contributed by atoms with van der Waals surface area (Å²) >= 11 is 5.37. The largest absolute Gasteiger partial charge is 0.497 e. The Morgan fingerprint density at radius 1 is 1.31 bits per heavy atom. The number of rotatable bonds is 6. The summed E-state index contributed by atoms with van der Waals surface area (Å²) in [6.07, 6.45) is -0.0229. The van der Waals surface area contributed by atoms with Crippen molar-refractivity contribution < 1.29 is 9.47 Å². The maximum absolute atomic E-state index is 9.50. The quantitative estimate of drug-likeness (QED) is 0.700. The minimum absolute atomic E-state index is 0.0229. The molecule has 0 saturated carbocycles. The number of aromatic nitrogens is 2. The van der Waals surface area contributed by atoms with Gasteiger partial charge in [-0.05, 0) is 29.9 Å². The lowest BCUT2D eigenvalue weighted by Gasteiger charge is -2.33. The summed E-state index contributed by atoms with van der Waals surface area (Å²) in [5, 5.41) is 20.9. The number of nitrogens with zero attached hydrogens (tertiary/aromatic N) is 4. The summed E-state index contributed by atoms with van der Waals surface area (Å²) < 4.78 is 14.8. The van der Waals surface area contributed by atoms with E-state index in [0.29, 0.717) is 23.7 Å². The molecule has 0 spiro atoms. The molecule has 1 fully saturated rings. The van der Waals surface area contributed by atoms with Gasteiger partial charge in [0.2, 0.25) is 0 Å². The van der Waals surface area contributed by atoms with Gasteiger partial charge in [-0.15, -0.1) is 0 Å². The molecule has 2 aromatic rings. The van der Waals surface area contributed by atoms with Crippen LogP contribution in [0.2, 0.25) is 0 Å². The minimum Gasteiger partial charge on any atom is -0.497 e. The average molecular weight is 415 g/mol. The second kappa shape index (κ2) is 9.22. The van der Waals surface area contributed by atoms with Gasteiger partial charge >= 0.3 is 0 Å². The molecule has 8 nitrogen and oxygen atoms in total. The molecule has 1 aromatic heterocycles. The Hall–Kier alpha value is -2.67. The van der Waals surface area contributed by atoms with Crippen LogP contribution < -0.4 is 15.5 Å². The van der Waals surface area contributed by atoms with E-state index in [4.69, 9.17) is 27.1 Å². The summed E-state index contributed by atoms with van der Waals surface area (Å²) in [6, 6.07) is 10.2. The molecule has 2 N–H and O–H groups in total. The topological polar surface area (TPSA) is 91.2 Å². The first-order valence-electron chi connectivity index (χ1n) is 9.40. The van der Waals surface area contributed by atoms with Gasteiger partial charge < -0.3 is 23.9 Å². The zero-order valence-corrected chi connectivity index (χ0v) is 17.8. The number of benzene rings is 1. The van der Waals surface area contributed by atoms with Crippen molar-refractivity contribution in [3.05, 3.63) is 45.7 Å². The SMILES string of the molecule is COc1ccc(CN2CCOC(CNc3c(C#N)c(=N)n(C)c(=S)n3C)C2)cc1. The highest BCUT2D eigenvalue weighted by Crippen LogP contribution is 2.16. The fourth-order valence-corrected chi connectivity index (χ4v) is 3.61. The standard InChI is InChI=1S/C20H26N6O2S/c1-24-18(22)17(10-21)19(25(2)20(24)29)23-11-16-13-26(8-9-28-16)12-14-4-6-15(27-3)7-5-14/h4-7,16,22-23H,8-9,11-13H2,1-3H3. The molecule has 1 aliphatic rings. The predicted molar refractivity (Wildman–Crippen MR) is 112 cm³/mol. The van der Waals surface area contributed by atoms with Gasteiger partial charge in [-0.2, -0.15) is 5.26 Å². The summed E-state index contributed by atoms with van der Waals surface area (Å²) in [5.41, 5.74) is 1.60. The number of anilines is 1. The Balaban J connectivity index is 1.66. The van der Waals surface area contributed by atoms with Gasteiger partial charge in [-0.1, -0.05) is 12.1 Å². The lowest BCUT2D eigenvalue weighted by Crippen LogP contribution is -2.45. The maximum Gasteiger partial charge on any atom is 0.182 e. The Morgan fingerprint density at radius 2 is 2.03 bits per heavy atom. The number of hydrogen-bond acceptors (Lipinski definition) is 7. The fraction of sp³-hybridized carbons (Fsp3) is 0.450. The second-order valence-corrected chi connectivity index (χ2v) is 7.41. The molecule has 1 atom stereocenters. The smallest absolute Gasteiger partial charge is 0.182 e. The zero-order chi connectivity index (χ0) is 21.0. The van der Waals surface area contributed by atoms with Crippen molar-refractivity contribution in [2.45, 2.75) is 12.6 Å². The van der Waals surface area contributed by atoms with Gasteiger partial charge in [0.05, 0.1) is 19.8 Å². The summed E-state index contributed by atoms with van der Waals surface area (Å²) in [5.74, 6) is 1.40. The van der Waals surface area contributed by atoms with Crippen molar-refractivity contribution in [1.82, 2.24) is 14.0 Å². The third kappa shape index (κ3) is 4.67. The molecule has 154 valence electrons. The minimum atomic E-state index is -0.0229. The third-order valence-corrected chi connectivity index (χ3v) is 5.66. The van der Waals surface area contributed by atoms with Crippen LogP contribution in [0.15, 0.2) is 24.3 Å². The maximum atomic E-state index is 9.50. The predicted octanol–water partition coefficient (Wildman–Crippen LogP) is 1.77. The highest BCUT2D eigenvalue weighted by Gasteiger charge is 2.21. The first-order valence-corrected chi connectivity index (χ1v) is 9.81. The van der Waals surface area contributed by atoms with Crippen LogP contribution in [-0.4, -0.2) is 53.5 Å². The molecule has 1 saturated heterocycles. The van der Waals surface area contributed by atoms with E-state index in [2.05, 4.69) is 28.4 Å². The normalized spacial score (nSPS) is 17.0. The van der Waals surface area contributed by atoms with Crippen molar-refractivity contribution in [3.63, 3.8) is 0 Å². The van der Waals surface area contributed by atoms with E-state index in [1.54, 1.807) is 25.8 Å². The molecule has 29 heavy (non-hydrogen) atoms. The van der Waals surface area contributed by atoms with Gasteiger partial charge in [0.25, 0.3) is 0 Å². The van der Waals surface area contributed by atoms with E-state index >= 15 is 0 Å². The van der Waals surface area contributed by atoms with Crippen LogP contribution in [0.3, 0.4) is 0 Å². The van der Waals surface area contributed by atoms with Crippen LogP contribution >= 0.6 is 12.2 Å². The van der Waals surface area contributed by atoms with Crippen LogP contribution in [0.25, 0.3) is 0 Å². The van der Waals surface area contributed by atoms with Crippen LogP contribution in [0.4, 0.5) is 5.82 Å². The molecule has 2 heterocycles. The van der Waals surface area contributed by atoms with Crippen molar-refractivity contribution in [2.24, 2.45) is 14.1 Å². The molecule has 3 rings (SSSR count). The number of morpholine rings is 1. The number of nitrogens with one attached hydrogen (secondary N) is 2. The third-order valence-electron chi connectivity index (χ3n) is 5.12.